The van der Waals surface area contributed by atoms with E-state index in [1.807, 2.05) is 31.2 Å². The van der Waals surface area contributed by atoms with Gasteiger partial charge in [0, 0.05) is 18.1 Å². The summed E-state index contributed by atoms with van der Waals surface area (Å²) >= 11 is 0. The number of carbonyl (C=O) groups is 1. The van der Waals surface area contributed by atoms with E-state index in [0.717, 1.165) is 33.9 Å². The third-order valence-electron chi connectivity index (χ3n) is 4.21. The van der Waals surface area contributed by atoms with E-state index in [9.17, 15) is 9.90 Å². The largest absolute Gasteiger partial charge is 0.508 e. The molecule has 1 N–H and O–H groups in total. The van der Waals surface area contributed by atoms with Crippen LogP contribution in [0.4, 0.5) is 0 Å². The number of rotatable bonds is 4. The predicted molar refractivity (Wildman–Crippen MR) is 101 cm³/mol. The number of aryl methyl sites for hydroxylation is 2. The van der Waals surface area contributed by atoms with Crippen LogP contribution in [0.25, 0.3) is 0 Å². The second kappa shape index (κ2) is 7.14. The zero-order valence-corrected chi connectivity index (χ0v) is 15.6. The maximum Gasteiger partial charge on any atom is 0.335 e. The summed E-state index contributed by atoms with van der Waals surface area (Å²) in [6.45, 7) is 13.9. The Hall–Kier alpha value is -2.55. The van der Waals surface area contributed by atoms with Crippen molar-refractivity contribution in [2.45, 2.75) is 46.5 Å². The predicted octanol–water partition coefficient (Wildman–Crippen LogP) is 4.99. The van der Waals surface area contributed by atoms with E-state index in [1.165, 1.54) is 0 Å². The lowest BCUT2D eigenvalue weighted by Gasteiger charge is -2.27. The van der Waals surface area contributed by atoms with Crippen molar-refractivity contribution < 1.29 is 14.6 Å². The molecule has 0 amide bonds. The molecular formula is C22H26O3. The Morgan fingerprint density at radius 1 is 1.20 bits per heavy atom. The average molecular weight is 338 g/mol. The first kappa shape index (κ1) is 18.8. The summed E-state index contributed by atoms with van der Waals surface area (Å²) < 4.78 is 5.49. The van der Waals surface area contributed by atoms with Crippen molar-refractivity contribution in [1.29, 1.82) is 0 Å². The number of hydrogen-bond acceptors (Lipinski definition) is 3. The van der Waals surface area contributed by atoms with E-state index in [1.54, 1.807) is 6.07 Å². The van der Waals surface area contributed by atoms with Crippen LogP contribution in [-0.2, 0) is 16.6 Å². The third-order valence-corrected chi connectivity index (χ3v) is 4.21. The molecule has 0 aliphatic heterocycles. The molecule has 0 aliphatic carbocycles. The molecule has 0 atom stereocenters. The summed E-state index contributed by atoms with van der Waals surface area (Å²) in [5.41, 5.74) is 4.93. The molecule has 0 aromatic heterocycles. The maximum atomic E-state index is 11.8. The second-order valence-corrected chi connectivity index (χ2v) is 7.42. The standard InChI is InChI=1S/C22H26O3/c1-7-20(24)25-19-11-9-15(3)21(22(4,5)6)17(19)13-16-12-14(2)8-10-18(16)23/h7-12,23H,1,13H2,2-6H3. The molecule has 0 fully saturated rings. The van der Waals surface area contributed by atoms with E-state index in [4.69, 9.17) is 4.74 Å². The van der Waals surface area contributed by atoms with Crippen LogP contribution in [0.2, 0.25) is 0 Å². The Morgan fingerprint density at radius 3 is 2.48 bits per heavy atom. The molecule has 0 heterocycles. The van der Waals surface area contributed by atoms with Gasteiger partial charge in [-0.15, -0.1) is 0 Å². The molecule has 3 heteroatoms. The number of carbonyl (C=O) groups excluding carboxylic acids is 1. The molecule has 0 spiro atoms. The van der Waals surface area contributed by atoms with Crippen LogP contribution in [-0.4, -0.2) is 11.1 Å². The quantitative estimate of drug-likeness (QED) is 0.485. The first-order valence-electron chi connectivity index (χ1n) is 8.39. The Morgan fingerprint density at radius 2 is 1.88 bits per heavy atom. The van der Waals surface area contributed by atoms with Crippen LogP contribution in [0.15, 0.2) is 43.0 Å². The van der Waals surface area contributed by atoms with Gasteiger partial charge in [0.15, 0.2) is 0 Å². The van der Waals surface area contributed by atoms with Crippen LogP contribution in [0.1, 0.15) is 48.6 Å². The summed E-state index contributed by atoms with van der Waals surface area (Å²) in [7, 11) is 0. The van der Waals surface area contributed by atoms with Gasteiger partial charge in [-0.2, -0.15) is 0 Å². The van der Waals surface area contributed by atoms with Gasteiger partial charge in [-0.05, 0) is 48.1 Å². The minimum Gasteiger partial charge on any atom is -0.508 e. The second-order valence-electron chi connectivity index (χ2n) is 7.42. The van der Waals surface area contributed by atoms with E-state index in [2.05, 4.69) is 34.3 Å². The SMILES string of the molecule is C=CC(=O)Oc1ccc(C)c(C(C)(C)C)c1Cc1cc(C)ccc1O. The van der Waals surface area contributed by atoms with Gasteiger partial charge in [0.25, 0.3) is 0 Å². The van der Waals surface area contributed by atoms with Crippen molar-refractivity contribution in [2.24, 2.45) is 0 Å². The zero-order chi connectivity index (χ0) is 18.8. The number of benzene rings is 2. The van der Waals surface area contributed by atoms with E-state index in [0.29, 0.717) is 12.2 Å². The fourth-order valence-electron chi connectivity index (χ4n) is 3.26. The Labute approximate surface area is 150 Å². The Kier molecular flexibility index (Phi) is 5.36. The van der Waals surface area contributed by atoms with E-state index < -0.39 is 5.97 Å². The molecule has 2 aromatic carbocycles. The van der Waals surface area contributed by atoms with Crippen molar-refractivity contribution in [2.75, 3.05) is 0 Å². The van der Waals surface area contributed by atoms with Gasteiger partial charge in [-0.25, -0.2) is 4.79 Å². The minimum absolute atomic E-state index is 0.130. The van der Waals surface area contributed by atoms with Crippen molar-refractivity contribution in [3.05, 3.63) is 70.8 Å². The van der Waals surface area contributed by atoms with Gasteiger partial charge in [0.1, 0.15) is 11.5 Å². The Bertz CT molecular complexity index is 811. The normalized spacial score (nSPS) is 11.2. The van der Waals surface area contributed by atoms with Gasteiger partial charge >= 0.3 is 5.97 Å². The van der Waals surface area contributed by atoms with Crippen molar-refractivity contribution >= 4 is 5.97 Å². The molecule has 132 valence electrons. The highest BCUT2D eigenvalue weighted by atomic mass is 16.5. The van der Waals surface area contributed by atoms with E-state index >= 15 is 0 Å². The molecule has 0 unspecified atom stereocenters. The first-order chi connectivity index (χ1) is 11.6. The summed E-state index contributed by atoms with van der Waals surface area (Å²) in [5.74, 6) is 0.271. The molecule has 2 rings (SSSR count). The van der Waals surface area contributed by atoms with Crippen molar-refractivity contribution in [3.8, 4) is 11.5 Å². The van der Waals surface area contributed by atoms with Crippen LogP contribution in [0, 0.1) is 13.8 Å². The molecule has 0 saturated heterocycles. The van der Waals surface area contributed by atoms with Crippen molar-refractivity contribution in [1.82, 2.24) is 0 Å². The number of phenols is 1. The van der Waals surface area contributed by atoms with Crippen LogP contribution in [0.3, 0.4) is 0 Å². The highest BCUT2D eigenvalue weighted by Gasteiger charge is 2.24. The number of ether oxygens (including phenoxy) is 1. The topological polar surface area (TPSA) is 46.5 Å². The van der Waals surface area contributed by atoms with Gasteiger partial charge < -0.3 is 9.84 Å². The number of hydrogen-bond donors (Lipinski definition) is 1. The van der Waals surface area contributed by atoms with Crippen molar-refractivity contribution in [3.63, 3.8) is 0 Å². The lowest BCUT2D eigenvalue weighted by molar-refractivity contribution is -0.129. The highest BCUT2D eigenvalue weighted by Crippen LogP contribution is 2.37. The van der Waals surface area contributed by atoms with Crippen LogP contribution in [0.5, 0.6) is 11.5 Å². The molecule has 0 bridgehead atoms. The molecule has 25 heavy (non-hydrogen) atoms. The Balaban J connectivity index is 2.66. The zero-order valence-electron chi connectivity index (χ0n) is 15.6. The molecule has 2 aromatic rings. The summed E-state index contributed by atoms with van der Waals surface area (Å²) in [4.78, 5) is 11.8. The number of aromatic hydroxyl groups is 1. The molecular weight excluding hydrogens is 312 g/mol. The van der Waals surface area contributed by atoms with Gasteiger partial charge in [-0.3, -0.25) is 0 Å². The monoisotopic (exact) mass is 338 g/mol. The van der Waals surface area contributed by atoms with Gasteiger partial charge in [0.2, 0.25) is 0 Å². The molecule has 0 aliphatic rings. The summed E-state index contributed by atoms with van der Waals surface area (Å²) in [6, 6.07) is 9.31. The smallest absolute Gasteiger partial charge is 0.335 e. The maximum absolute atomic E-state index is 11.8. The van der Waals surface area contributed by atoms with Gasteiger partial charge in [0.05, 0.1) is 0 Å². The molecule has 0 saturated carbocycles. The lowest BCUT2D eigenvalue weighted by Crippen LogP contribution is -2.18. The highest BCUT2D eigenvalue weighted by molar-refractivity contribution is 5.83. The average Bonchev–Trinajstić information content (AvgIpc) is 2.52. The fourth-order valence-corrected chi connectivity index (χ4v) is 3.26. The summed E-state index contributed by atoms with van der Waals surface area (Å²) in [5, 5.41) is 10.3. The van der Waals surface area contributed by atoms with E-state index in [-0.39, 0.29) is 11.2 Å². The minimum atomic E-state index is -0.488. The van der Waals surface area contributed by atoms with Crippen LogP contribution >= 0.6 is 0 Å². The molecule has 0 radical (unpaired) electrons. The fraction of sp³-hybridized carbons (Fsp3) is 0.318. The van der Waals surface area contributed by atoms with Gasteiger partial charge in [-0.1, -0.05) is 51.1 Å². The van der Waals surface area contributed by atoms with Crippen LogP contribution < -0.4 is 4.74 Å². The summed E-state index contributed by atoms with van der Waals surface area (Å²) in [6.07, 6.45) is 1.64. The molecule has 3 nitrogen and oxygen atoms in total. The first-order valence-corrected chi connectivity index (χ1v) is 8.39. The lowest BCUT2D eigenvalue weighted by atomic mass is 9.79. The number of phenolic OH excluding ortho intramolecular Hbond substituents is 1. The number of esters is 1. The third kappa shape index (κ3) is 4.30.